The highest BCUT2D eigenvalue weighted by molar-refractivity contribution is 5.85. The van der Waals surface area contributed by atoms with Crippen LogP contribution in [-0.4, -0.2) is 42.1 Å². The Hall–Kier alpha value is -2.79. The lowest BCUT2D eigenvalue weighted by atomic mass is 9.95. The summed E-state index contributed by atoms with van der Waals surface area (Å²) >= 11 is 0. The number of carbonyl (C=O) groups excluding carboxylic acids is 1. The Kier molecular flexibility index (Phi) is 7.15. The lowest BCUT2D eigenvalue weighted by Crippen LogP contribution is -2.41. The van der Waals surface area contributed by atoms with E-state index >= 15 is 0 Å². The number of piperidine rings is 1. The second-order valence-corrected chi connectivity index (χ2v) is 8.93. The molecule has 32 heavy (non-hydrogen) atoms. The maximum Gasteiger partial charge on any atom is 0.223 e. The van der Waals surface area contributed by atoms with E-state index in [9.17, 15) is 4.79 Å². The summed E-state index contributed by atoms with van der Waals surface area (Å²) < 4.78 is 7.75. The average molecular weight is 434 g/mol. The second-order valence-electron chi connectivity index (χ2n) is 8.93. The molecular weight excluding hydrogens is 398 g/mol. The van der Waals surface area contributed by atoms with Crippen LogP contribution in [0.1, 0.15) is 43.7 Å². The molecule has 4 rings (SSSR count). The number of carbonyl (C=O) groups is 1. The fourth-order valence-electron chi connectivity index (χ4n) is 4.76. The van der Waals surface area contributed by atoms with E-state index in [0.29, 0.717) is 12.5 Å². The number of amides is 1. The second kappa shape index (κ2) is 10.2. The fourth-order valence-corrected chi connectivity index (χ4v) is 4.76. The number of hydrogen-bond donors (Lipinski definition) is 1. The number of nitrogens with zero attached hydrogens (tertiary/aromatic N) is 2. The number of aromatic nitrogens is 1. The third-order valence-electron chi connectivity index (χ3n) is 6.81. The van der Waals surface area contributed by atoms with Crippen LogP contribution >= 0.6 is 0 Å². The van der Waals surface area contributed by atoms with E-state index in [-0.39, 0.29) is 11.8 Å². The van der Waals surface area contributed by atoms with Crippen LogP contribution < -0.4 is 10.1 Å². The molecule has 1 aromatic heterocycles. The summed E-state index contributed by atoms with van der Waals surface area (Å²) in [6.45, 7) is 8.81. The van der Waals surface area contributed by atoms with E-state index in [1.54, 1.807) is 7.11 Å². The molecule has 0 unspecified atom stereocenters. The zero-order valence-electron chi connectivity index (χ0n) is 19.5. The van der Waals surface area contributed by atoms with Gasteiger partial charge in [0.15, 0.2) is 0 Å². The Balaban J connectivity index is 1.32. The topological polar surface area (TPSA) is 46.5 Å². The van der Waals surface area contributed by atoms with Crippen LogP contribution in [0, 0.1) is 5.92 Å². The first-order valence-electron chi connectivity index (χ1n) is 11.8. The van der Waals surface area contributed by atoms with Gasteiger partial charge in [0.1, 0.15) is 5.75 Å². The molecule has 0 bridgehead atoms. The quantitative estimate of drug-likeness (QED) is 0.555. The largest absolute Gasteiger partial charge is 0.497 e. The van der Waals surface area contributed by atoms with Crippen LogP contribution in [0.15, 0.2) is 54.7 Å². The number of aryl methyl sites for hydroxylation is 1. The summed E-state index contributed by atoms with van der Waals surface area (Å²) in [5, 5.41) is 4.45. The summed E-state index contributed by atoms with van der Waals surface area (Å²) in [4.78, 5) is 15.2. The highest BCUT2D eigenvalue weighted by Crippen LogP contribution is 2.28. The summed E-state index contributed by atoms with van der Waals surface area (Å²) in [5.74, 6) is 1.55. The maximum absolute atomic E-state index is 12.7. The van der Waals surface area contributed by atoms with Gasteiger partial charge in [-0.2, -0.15) is 0 Å². The highest BCUT2D eigenvalue weighted by Gasteiger charge is 2.26. The summed E-state index contributed by atoms with van der Waals surface area (Å²) in [5.41, 5.74) is 3.86. The van der Waals surface area contributed by atoms with Gasteiger partial charge in [-0.25, -0.2) is 0 Å². The zero-order valence-corrected chi connectivity index (χ0v) is 19.5. The van der Waals surface area contributed by atoms with E-state index < -0.39 is 0 Å². The number of rotatable bonds is 8. The van der Waals surface area contributed by atoms with Crippen molar-refractivity contribution in [2.45, 2.75) is 45.7 Å². The Morgan fingerprint density at radius 2 is 1.91 bits per heavy atom. The maximum atomic E-state index is 12.7. The number of hydrogen-bond acceptors (Lipinski definition) is 3. The van der Waals surface area contributed by atoms with Gasteiger partial charge in [0.25, 0.3) is 0 Å². The molecule has 5 nitrogen and oxygen atoms in total. The van der Waals surface area contributed by atoms with Crippen molar-refractivity contribution in [3.8, 4) is 5.75 Å². The molecular formula is C27H35N3O2. The van der Waals surface area contributed by atoms with Crippen LogP contribution in [0.25, 0.3) is 10.9 Å². The van der Waals surface area contributed by atoms with Crippen LogP contribution in [0.3, 0.4) is 0 Å². The standard InChI is InChI=1S/C27H35N3O2/c1-4-30-19-23(25-16-24(32-3)10-11-26(25)30)18-29-14-12-22(13-15-29)27(31)28-17-20(2)21-8-6-5-7-9-21/h5-11,16,19-20,22H,4,12-15,17-18H2,1-3H3,(H,28,31)/t20-/m0/s1. The van der Waals surface area contributed by atoms with Crippen LogP contribution in [0.2, 0.25) is 0 Å². The first kappa shape index (κ1) is 22.4. The monoisotopic (exact) mass is 433 g/mol. The summed E-state index contributed by atoms with van der Waals surface area (Å²) in [6.07, 6.45) is 4.11. The highest BCUT2D eigenvalue weighted by atomic mass is 16.5. The van der Waals surface area contributed by atoms with Crippen molar-refractivity contribution in [1.82, 2.24) is 14.8 Å². The molecule has 1 amide bonds. The molecule has 1 aliphatic heterocycles. The van der Waals surface area contributed by atoms with Crippen molar-refractivity contribution < 1.29 is 9.53 Å². The number of nitrogens with one attached hydrogen (secondary N) is 1. The van der Waals surface area contributed by atoms with Gasteiger partial charge in [-0.1, -0.05) is 37.3 Å². The smallest absolute Gasteiger partial charge is 0.223 e. The molecule has 0 saturated carbocycles. The van der Waals surface area contributed by atoms with E-state index in [2.05, 4.69) is 71.2 Å². The zero-order chi connectivity index (χ0) is 22.5. The van der Waals surface area contributed by atoms with Gasteiger partial charge in [-0.05, 0) is 68.1 Å². The number of ether oxygens (including phenoxy) is 1. The van der Waals surface area contributed by atoms with Crippen molar-refractivity contribution in [1.29, 1.82) is 0 Å². The molecule has 2 heterocycles. The van der Waals surface area contributed by atoms with Gasteiger partial charge in [-0.15, -0.1) is 0 Å². The molecule has 5 heteroatoms. The Morgan fingerprint density at radius 1 is 1.16 bits per heavy atom. The number of benzene rings is 2. The molecule has 1 N–H and O–H groups in total. The Bertz CT molecular complexity index is 1040. The molecule has 1 atom stereocenters. The van der Waals surface area contributed by atoms with Crippen LogP contribution in [-0.2, 0) is 17.9 Å². The minimum atomic E-state index is 0.117. The van der Waals surface area contributed by atoms with Crippen LogP contribution in [0.4, 0.5) is 0 Å². The predicted octanol–water partition coefficient (Wildman–Crippen LogP) is 4.80. The van der Waals surface area contributed by atoms with Gasteiger partial charge in [0, 0.05) is 42.7 Å². The normalized spacial score (nSPS) is 16.2. The van der Waals surface area contributed by atoms with Crippen molar-refractivity contribution in [3.63, 3.8) is 0 Å². The third-order valence-corrected chi connectivity index (χ3v) is 6.81. The van der Waals surface area contributed by atoms with E-state index in [1.807, 2.05) is 12.1 Å². The lowest BCUT2D eigenvalue weighted by Gasteiger charge is -2.31. The average Bonchev–Trinajstić information content (AvgIpc) is 3.19. The number of fused-ring (bicyclic) bond motifs is 1. The molecule has 2 aromatic carbocycles. The first-order valence-corrected chi connectivity index (χ1v) is 11.8. The van der Waals surface area contributed by atoms with Crippen molar-refractivity contribution >= 4 is 16.8 Å². The minimum Gasteiger partial charge on any atom is -0.497 e. The molecule has 3 aromatic rings. The summed E-state index contributed by atoms with van der Waals surface area (Å²) in [6, 6.07) is 16.7. The molecule has 0 aliphatic carbocycles. The molecule has 1 aliphatic rings. The third kappa shape index (κ3) is 4.99. The van der Waals surface area contributed by atoms with E-state index in [4.69, 9.17) is 4.74 Å². The number of methoxy groups -OCH3 is 1. The van der Waals surface area contributed by atoms with Gasteiger partial charge in [0.05, 0.1) is 7.11 Å². The fraction of sp³-hybridized carbons (Fsp3) is 0.444. The molecule has 1 fully saturated rings. The van der Waals surface area contributed by atoms with Crippen molar-refractivity contribution in [2.75, 3.05) is 26.7 Å². The number of likely N-dealkylation sites (tertiary alicyclic amines) is 1. The lowest BCUT2D eigenvalue weighted by molar-refractivity contribution is -0.126. The van der Waals surface area contributed by atoms with Gasteiger partial charge in [0.2, 0.25) is 5.91 Å². The first-order chi connectivity index (χ1) is 15.6. The Morgan fingerprint density at radius 3 is 2.59 bits per heavy atom. The van der Waals surface area contributed by atoms with E-state index in [0.717, 1.165) is 44.8 Å². The predicted molar refractivity (Wildman–Crippen MR) is 130 cm³/mol. The molecule has 0 spiro atoms. The molecule has 170 valence electrons. The summed E-state index contributed by atoms with van der Waals surface area (Å²) in [7, 11) is 1.72. The van der Waals surface area contributed by atoms with Gasteiger partial charge in [-0.3, -0.25) is 9.69 Å². The van der Waals surface area contributed by atoms with Crippen molar-refractivity contribution in [2.24, 2.45) is 5.92 Å². The van der Waals surface area contributed by atoms with E-state index in [1.165, 1.54) is 22.0 Å². The minimum absolute atomic E-state index is 0.117. The SMILES string of the molecule is CCn1cc(CN2CCC(C(=O)NC[C@H](C)c3ccccc3)CC2)c2cc(OC)ccc21. The van der Waals surface area contributed by atoms with Crippen LogP contribution in [0.5, 0.6) is 5.75 Å². The van der Waals surface area contributed by atoms with Gasteiger partial charge >= 0.3 is 0 Å². The van der Waals surface area contributed by atoms with Crippen molar-refractivity contribution in [3.05, 3.63) is 65.9 Å². The van der Waals surface area contributed by atoms with Gasteiger partial charge < -0.3 is 14.6 Å². The molecule has 0 radical (unpaired) electrons. The Labute approximate surface area is 191 Å². The molecule has 1 saturated heterocycles.